The number of fused-ring (bicyclic) bond motifs is 1. The summed E-state index contributed by atoms with van der Waals surface area (Å²) in [4.78, 5) is 12.7. The van der Waals surface area contributed by atoms with Gasteiger partial charge in [0.2, 0.25) is 5.62 Å². The van der Waals surface area contributed by atoms with E-state index in [2.05, 4.69) is 6.92 Å². The third-order valence-electron chi connectivity index (χ3n) is 4.25. The molecule has 6 heteroatoms. The van der Waals surface area contributed by atoms with Crippen LogP contribution in [0.3, 0.4) is 0 Å². The number of nitrogens with one attached hydrogen (secondary N) is 1. The first-order valence-corrected chi connectivity index (χ1v) is 8.99. The molecule has 0 saturated carbocycles. The van der Waals surface area contributed by atoms with Crippen LogP contribution in [0.2, 0.25) is 10.0 Å². The van der Waals surface area contributed by atoms with E-state index in [9.17, 15) is 4.79 Å². The zero-order valence-electron chi connectivity index (χ0n) is 13.9. The van der Waals surface area contributed by atoms with Crippen molar-refractivity contribution in [1.82, 2.24) is 9.13 Å². The van der Waals surface area contributed by atoms with Crippen LogP contribution in [0.5, 0.6) is 0 Å². The van der Waals surface area contributed by atoms with Gasteiger partial charge in [-0.3, -0.25) is 10.2 Å². The number of ketones is 1. The Kier molecular flexibility index (Phi) is 5.30. The summed E-state index contributed by atoms with van der Waals surface area (Å²) < 4.78 is 3.71. The highest BCUT2D eigenvalue weighted by Gasteiger charge is 2.15. The molecule has 0 aliphatic carbocycles. The third kappa shape index (κ3) is 3.51. The number of aryl methyl sites for hydroxylation is 1. The molecule has 0 radical (unpaired) electrons. The smallest absolute Gasteiger partial charge is 0.203 e. The van der Waals surface area contributed by atoms with Crippen LogP contribution in [0, 0.1) is 5.41 Å². The van der Waals surface area contributed by atoms with Gasteiger partial charge in [-0.25, -0.2) is 0 Å². The van der Waals surface area contributed by atoms with E-state index in [0.29, 0.717) is 21.2 Å². The SMILES string of the molecule is CCCCn1c(=N)n(CC(=O)c2ccc(Cl)c(Cl)c2)c2ccccc21. The van der Waals surface area contributed by atoms with Crippen LogP contribution in [0.1, 0.15) is 30.1 Å². The second-order valence-corrected chi connectivity index (χ2v) is 6.77. The molecular weight excluding hydrogens is 357 g/mol. The van der Waals surface area contributed by atoms with E-state index >= 15 is 0 Å². The van der Waals surface area contributed by atoms with Crippen LogP contribution in [0.15, 0.2) is 42.5 Å². The van der Waals surface area contributed by atoms with Gasteiger partial charge in [0.05, 0.1) is 27.6 Å². The molecule has 25 heavy (non-hydrogen) atoms. The summed E-state index contributed by atoms with van der Waals surface area (Å²) in [5, 5.41) is 9.29. The molecule has 3 rings (SSSR count). The number of carbonyl (C=O) groups is 1. The number of hydrogen-bond acceptors (Lipinski definition) is 2. The van der Waals surface area contributed by atoms with Crippen LogP contribution >= 0.6 is 23.2 Å². The fraction of sp³-hybridized carbons (Fsp3) is 0.263. The number of benzene rings is 2. The van der Waals surface area contributed by atoms with Gasteiger partial charge in [-0.2, -0.15) is 0 Å². The minimum Gasteiger partial charge on any atom is -0.310 e. The van der Waals surface area contributed by atoms with Gasteiger partial charge in [0.25, 0.3) is 0 Å². The van der Waals surface area contributed by atoms with E-state index < -0.39 is 0 Å². The van der Waals surface area contributed by atoms with E-state index in [1.54, 1.807) is 22.8 Å². The van der Waals surface area contributed by atoms with Crippen molar-refractivity contribution in [2.45, 2.75) is 32.9 Å². The monoisotopic (exact) mass is 375 g/mol. The van der Waals surface area contributed by atoms with Gasteiger partial charge in [0.1, 0.15) is 0 Å². The number of aromatic nitrogens is 2. The van der Waals surface area contributed by atoms with Gasteiger partial charge in [-0.05, 0) is 36.8 Å². The van der Waals surface area contributed by atoms with Gasteiger partial charge in [0.15, 0.2) is 5.78 Å². The van der Waals surface area contributed by atoms with Gasteiger partial charge < -0.3 is 9.13 Å². The molecule has 0 aliphatic heterocycles. The predicted octanol–water partition coefficient (Wildman–Crippen LogP) is 4.91. The van der Waals surface area contributed by atoms with Crippen LogP contribution in [0.4, 0.5) is 0 Å². The van der Waals surface area contributed by atoms with E-state index in [1.165, 1.54) is 0 Å². The maximum absolute atomic E-state index is 12.7. The standard InChI is InChI=1S/C19H19Cl2N3O/c1-2-3-10-23-16-6-4-5-7-17(16)24(19(23)22)12-18(25)13-8-9-14(20)15(21)11-13/h4-9,11,22H,2-3,10,12H2,1H3. The minimum atomic E-state index is -0.101. The molecule has 2 aromatic carbocycles. The Morgan fingerprint density at radius 2 is 1.72 bits per heavy atom. The maximum atomic E-state index is 12.7. The molecule has 0 bridgehead atoms. The molecule has 1 N–H and O–H groups in total. The molecule has 0 amide bonds. The molecule has 0 aliphatic rings. The van der Waals surface area contributed by atoms with Crippen molar-refractivity contribution >= 4 is 40.0 Å². The highest BCUT2D eigenvalue weighted by Crippen LogP contribution is 2.23. The van der Waals surface area contributed by atoms with Gasteiger partial charge in [-0.1, -0.05) is 48.7 Å². The number of halogens is 2. The zero-order chi connectivity index (χ0) is 18.0. The van der Waals surface area contributed by atoms with Gasteiger partial charge in [-0.15, -0.1) is 0 Å². The fourth-order valence-corrected chi connectivity index (χ4v) is 3.20. The molecule has 0 spiro atoms. The quantitative estimate of drug-likeness (QED) is 0.611. The Labute approximate surface area is 156 Å². The molecular formula is C19H19Cl2N3O. The molecule has 1 heterocycles. The number of carbonyl (C=O) groups excluding carboxylic acids is 1. The van der Waals surface area contributed by atoms with Crippen molar-refractivity contribution in [3.63, 3.8) is 0 Å². The summed E-state index contributed by atoms with van der Waals surface area (Å²) in [6.45, 7) is 2.98. The highest BCUT2D eigenvalue weighted by molar-refractivity contribution is 6.42. The number of unbranched alkanes of at least 4 members (excludes halogenated alkanes) is 1. The number of Topliss-reactive ketones (excluding diaryl/α,β-unsaturated/α-hetero) is 1. The van der Waals surface area contributed by atoms with E-state index in [4.69, 9.17) is 28.6 Å². The Bertz CT molecular complexity index is 988. The zero-order valence-corrected chi connectivity index (χ0v) is 15.4. The lowest BCUT2D eigenvalue weighted by Gasteiger charge is -2.06. The number of hydrogen-bond donors (Lipinski definition) is 1. The lowest BCUT2D eigenvalue weighted by molar-refractivity contribution is 0.0971. The van der Waals surface area contributed by atoms with Crippen LogP contribution in [0.25, 0.3) is 11.0 Å². The first kappa shape index (κ1) is 17.8. The predicted molar refractivity (Wildman–Crippen MR) is 101 cm³/mol. The van der Waals surface area contributed by atoms with Crippen LogP contribution < -0.4 is 5.62 Å². The normalized spacial score (nSPS) is 11.2. The van der Waals surface area contributed by atoms with Crippen LogP contribution in [-0.4, -0.2) is 14.9 Å². The van der Waals surface area contributed by atoms with Crippen molar-refractivity contribution in [1.29, 1.82) is 5.41 Å². The summed E-state index contributed by atoms with van der Waals surface area (Å²) in [6, 6.07) is 12.7. The summed E-state index contributed by atoms with van der Waals surface area (Å²) in [6.07, 6.45) is 2.04. The second-order valence-electron chi connectivity index (χ2n) is 5.96. The molecule has 0 fully saturated rings. The Balaban J connectivity index is 2.00. The van der Waals surface area contributed by atoms with Crippen molar-refractivity contribution in [2.24, 2.45) is 0 Å². The summed E-state index contributed by atoms with van der Waals surface area (Å²) >= 11 is 11.9. The fourth-order valence-electron chi connectivity index (χ4n) is 2.90. The molecule has 0 unspecified atom stereocenters. The summed E-state index contributed by atoms with van der Waals surface area (Å²) in [7, 11) is 0. The van der Waals surface area contributed by atoms with E-state index in [0.717, 1.165) is 30.4 Å². The number of imidazole rings is 1. The maximum Gasteiger partial charge on any atom is 0.203 e. The molecule has 0 saturated heterocycles. The van der Waals surface area contributed by atoms with Crippen molar-refractivity contribution in [2.75, 3.05) is 0 Å². The topological polar surface area (TPSA) is 50.8 Å². The first-order valence-electron chi connectivity index (χ1n) is 8.24. The molecule has 0 atom stereocenters. The van der Waals surface area contributed by atoms with E-state index in [1.807, 2.05) is 28.8 Å². The second kappa shape index (κ2) is 7.46. The lowest BCUT2D eigenvalue weighted by Crippen LogP contribution is -2.27. The van der Waals surface area contributed by atoms with Crippen LogP contribution in [-0.2, 0) is 13.1 Å². The minimum absolute atomic E-state index is 0.0937. The third-order valence-corrected chi connectivity index (χ3v) is 4.99. The Hall–Kier alpha value is -2.04. The molecule has 130 valence electrons. The number of nitrogens with zero attached hydrogens (tertiary/aromatic N) is 2. The van der Waals surface area contributed by atoms with Crippen molar-refractivity contribution < 1.29 is 4.79 Å². The lowest BCUT2D eigenvalue weighted by atomic mass is 10.1. The molecule has 4 nitrogen and oxygen atoms in total. The van der Waals surface area contributed by atoms with Gasteiger partial charge >= 0.3 is 0 Å². The van der Waals surface area contributed by atoms with Gasteiger partial charge in [0, 0.05) is 12.1 Å². The average Bonchev–Trinajstić information content (AvgIpc) is 2.87. The molecule has 3 aromatic rings. The highest BCUT2D eigenvalue weighted by atomic mass is 35.5. The largest absolute Gasteiger partial charge is 0.310 e. The Morgan fingerprint density at radius 3 is 2.36 bits per heavy atom. The first-order chi connectivity index (χ1) is 12.0. The van der Waals surface area contributed by atoms with Crippen molar-refractivity contribution in [3.8, 4) is 0 Å². The van der Waals surface area contributed by atoms with E-state index in [-0.39, 0.29) is 12.3 Å². The van der Waals surface area contributed by atoms with Crippen molar-refractivity contribution in [3.05, 3.63) is 63.7 Å². The number of para-hydroxylation sites is 2. The average molecular weight is 376 g/mol. The summed E-state index contributed by atoms with van der Waals surface area (Å²) in [5.74, 6) is -0.101. The Morgan fingerprint density at radius 1 is 1.04 bits per heavy atom. The molecule has 1 aromatic heterocycles. The summed E-state index contributed by atoms with van der Waals surface area (Å²) in [5.41, 5.74) is 2.69. The number of rotatable bonds is 6.